The molecule has 0 radical (unpaired) electrons. The molecule has 1 aromatic heterocycles. The Bertz CT molecular complexity index is 539. The van der Waals surface area contributed by atoms with E-state index >= 15 is 0 Å². The molecule has 0 aliphatic carbocycles. The summed E-state index contributed by atoms with van der Waals surface area (Å²) >= 11 is 0. The zero-order chi connectivity index (χ0) is 12.4. The van der Waals surface area contributed by atoms with E-state index in [0.29, 0.717) is 6.42 Å². The van der Waals surface area contributed by atoms with Crippen LogP contribution in [-0.2, 0) is 6.42 Å². The molecule has 1 unspecified atom stereocenters. The first kappa shape index (κ1) is 12.0. The van der Waals surface area contributed by atoms with Crippen molar-refractivity contribution in [2.75, 3.05) is 6.61 Å². The van der Waals surface area contributed by atoms with Crippen molar-refractivity contribution in [3.05, 3.63) is 41.3 Å². The maximum atomic E-state index is 13.5. The predicted octanol–water partition coefficient (Wildman–Crippen LogP) is 2.85. The van der Waals surface area contributed by atoms with Crippen LogP contribution in [0.4, 0.5) is 4.39 Å². The fourth-order valence-corrected chi connectivity index (χ4v) is 1.96. The molecule has 0 bridgehead atoms. The number of nitrogens with zero attached hydrogens (tertiary/aromatic N) is 1. The summed E-state index contributed by atoms with van der Waals surface area (Å²) in [4.78, 5) is 4.46. The lowest BCUT2D eigenvalue weighted by Gasteiger charge is -2.11. The highest BCUT2D eigenvalue weighted by Gasteiger charge is 2.09. The van der Waals surface area contributed by atoms with E-state index in [4.69, 9.17) is 5.11 Å². The van der Waals surface area contributed by atoms with E-state index in [1.165, 1.54) is 12.1 Å². The van der Waals surface area contributed by atoms with Gasteiger partial charge in [0, 0.05) is 17.7 Å². The van der Waals surface area contributed by atoms with Crippen molar-refractivity contribution in [1.29, 1.82) is 0 Å². The van der Waals surface area contributed by atoms with Crippen molar-refractivity contribution < 1.29 is 9.50 Å². The van der Waals surface area contributed by atoms with Gasteiger partial charge in [-0.3, -0.25) is 4.98 Å². The largest absolute Gasteiger partial charge is 0.396 e. The molecule has 2 aromatic rings. The second kappa shape index (κ2) is 4.80. The van der Waals surface area contributed by atoms with Crippen LogP contribution in [0.2, 0.25) is 0 Å². The molecular formula is C14H16FNO. The lowest BCUT2D eigenvalue weighted by Crippen LogP contribution is -2.06. The molecule has 0 saturated heterocycles. The van der Waals surface area contributed by atoms with Crippen LogP contribution in [0.5, 0.6) is 0 Å². The number of hydrogen-bond acceptors (Lipinski definition) is 2. The van der Waals surface area contributed by atoms with Gasteiger partial charge in [0.15, 0.2) is 0 Å². The third-order valence-corrected chi connectivity index (χ3v) is 2.86. The molecule has 0 amide bonds. The van der Waals surface area contributed by atoms with Crippen LogP contribution < -0.4 is 0 Å². The maximum absolute atomic E-state index is 13.5. The Morgan fingerprint density at radius 3 is 2.82 bits per heavy atom. The fraction of sp³-hybridized carbons (Fsp3) is 0.357. The van der Waals surface area contributed by atoms with E-state index in [0.717, 1.165) is 22.2 Å². The molecule has 1 atom stereocenters. The van der Waals surface area contributed by atoms with Crippen LogP contribution in [0, 0.1) is 18.7 Å². The predicted molar refractivity (Wildman–Crippen MR) is 66.4 cm³/mol. The minimum Gasteiger partial charge on any atom is -0.396 e. The number of benzene rings is 1. The van der Waals surface area contributed by atoms with Crippen molar-refractivity contribution >= 4 is 10.9 Å². The Morgan fingerprint density at radius 2 is 2.12 bits per heavy atom. The molecule has 90 valence electrons. The minimum atomic E-state index is -0.247. The quantitative estimate of drug-likeness (QED) is 0.884. The molecule has 1 N–H and O–H groups in total. The highest BCUT2D eigenvalue weighted by molar-refractivity contribution is 5.82. The van der Waals surface area contributed by atoms with Crippen molar-refractivity contribution in [3.8, 4) is 0 Å². The fourth-order valence-electron chi connectivity index (χ4n) is 1.96. The third-order valence-electron chi connectivity index (χ3n) is 2.86. The number of hydrogen-bond donors (Lipinski definition) is 1. The molecule has 0 aliphatic rings. The molecule has 0 saturated carbocycles. The van der Waals surface area contributed by atoms with Gasteiger partial charge in [-0.05, 0) is 43.0 Å². The highest BCUT2D eigenvalue weighted by atomic mass is 19.1. The average Bonchev–Trinajstić information content (AvgIpc) is 2.29. The summed E-state index contributed by atoms with van der Waals surface area (Å²) in [5, 5.41) is 9.89. The molecule has 17 heavy (non-hydrogen) atoms. The van der Waals surface area contributed by atoms with Crippen LogP contribution >= 0.6 is 0 Å². The lowest BCUT2D eigenvalue weighted by molar-refractivity contribution is 0.237. The normalized spacial score (nSPS) is 12.9. The summed E-state index contributed by atoms with van der Waals surface area (Å²) < 4.78 is 13.5. The monoisotopic (exact) mass is 233 g/mol. The molecule has 2 rings (SSSR count). The Labute approximate surface area is 100 Å². The number of fused-ring (bicyclic) bond motifs is 1. The topological polar surface area (TPSA) is 33.1 Å². The second-order valence-electron chi connectivity index (χ2n) is 4.58. The number of pyridine rings is 1. The Morgan fingerprint density at radius 1 is 1.35 bits per heavy atom. The van der Waals surface area contributed by atoms with Gasteiger partial charge >= 0.3 is 0 Å². The molecular weight excluding hydrogens is 217 g/mol. The molecule has 0 aliphatic heterocycles. The number of aliphatic hydroxyl groups is 1. The number of halogens is 1. The SMILES string of the molecule is Cc1ccc2cc(F)cc(CC(C)CO)c2n1. The molecule has 1 heterocycles. The van der Waals surface area contributed by atoms with E-state index in [1.54, 1.807) is 0 Å². The van der Waals surface area contributed by atoms with E-state index in [-0.39, 0.29) is 18.3 Å². The standard InChI is InChI=1S/C14H16FNO/c1-9(8-17)5-12-7-13(15)6-11-4-3-10(2)16-14(11)12/h3-4,6-7,9,17H,5,8H2,1-2H3. The van der Waals surface area contributed by atoms with Crippen molar-refractivity contribution in [2.24, 2.45) is 5.92 Å². The van der Waals surface area contributed by atoms with Crippen LogP contribution in [0.25, 0.3) is 10.9 Å². The summed E-state index contributed by atoms with van der Waals surface area (Å²) in [5.41, 5.74) is 2.62. The number of aliphatic hydroxyl groups excluding tert-OH is 1. The molecule has 3 heteroatoms. The second-order valence-corrected chi connectivity index (χ2v) is 4.58. The van der Waals surface area contributed by atoms with Gasteiger partial charge < -0.3 is 5.11 Å². The van der Waals surface area contributed by atoms with Crippen LogP contribution in [0.15, 0.2) is 24.3 Å². The lowest BCUT2D eigenvalue weighted by atomic mass is 9.99. The van der Waals surface area contributed by atoms with Crippen molar-refractivity contribution in [1.82, 2.24) is 4.98 Å². The van der Waals surface area contributed by atoms with Gasteiger partial charge in [-0.1, -0.05) is 13.0 Å². The molecule has 2 nitrogen and oxygen atoms in total. The zero-order valence-electron chi connectivity index (χ0n) is 10.1. The Hall–Kier alpha value is -1.48. The average molecular weight is 233 g/mol. The van der Waals surface area contributed by atoms with Gasteiger partial charge in [0.2, 0.25) is 0 Å². The van der Waals surface area contributed by atoms with Gasteiger partial charge in [0.25, 0.3) is 0 Å². The number of aromatic nitrogens is 1. The van der Waals surface area contributed by atoms with Gasteiger partial charge in [-0.25, -0.2) is 4.39 Å². The van der Waals surface area contributed by atoms with Crippen molar-refractivity contribution in [3.63, 3.8) is 0 Å². The smallest absolute Gasteiger partial charge is 0.124 e. The van der Waals surface area contributed by atoms with Gasteiger partial charge in [0.05, 0.1) is 5.52 Å². The summed E-state index contributed by atoms with van der Waals surface area (Å²) in [6.45, 7) is 3.96. The van der Waals surface area contributed by atoms with Crippen LogP contribution in [-0.4, -0.2) is 16.7 Å². The maximum Gasteiger partial charge on any atom is 0.124 e. The molecule has 0 spiro atoms. The third kappa shape index (κ3) is 2.61. The highest BCUT2D eigenvalue weighted by Crippen LogP contribution is 2.22. The molecule has 1 aromatic carbocycles. The summed E-state index contributed by atoms with van der Waals surface area (Å²) in [5.74, 6) is -0.134. The van der Waals surface area contributed by atoms with E-state index in [2.05, 4.69) is 4.98 Å². The van der Waals surface area contributed by atoms with Gasteiger partial charge in [0.1, 0.15) is 5.82 Å². The Balaban J connectivity index is 2.55. The van der Waals surface area contributed by atoms with Gasteiger partial charge in [-0.2, -0.15) is 0 Å². The number of aryl methyl sites for hydroxylation is 1. The van der Waals surface area contributed by atoms with Crippen molar-refractivity contribution in [2.45, 2.75) is 20.3 Å². The first-order valence-electron chi connectivity index (χ1n) is 5.77. The Kier molecular flexibility index (Phi) is 3.38. The van der Waals surface area contributed by atoms with E-state index < -0.39 is 0 Å². The number of rotatable bonds is 3. The van der Waals surface area contributed by atoms with E-state index in [9.17, 15) is 4.39 Å². The minimum absolute atomic E-state index is 0.101. The molecule has 0 fully saturated rings. The summed E-state index contributed by atoms with van der Waals surface area (Å²) in [6, 6.07) is 6.77. The summed E-state index contributed by atoms with van der Waals surface area (Å²) in [6.07, 6.45) is 0.640. The summed E-state index contributed by atoms with van der Waals surface area (Å²) in [7, 11) is 0. The first-order chi connectivity index (χ1) is 8.10. The van der Waals surface area contributed by atoms with E-state index in [1.807, 2.05) is 26.0 Å². The van der Waals surface area contributed by atoms with Gasteiger partial charge in [-0.15, -0.1) is 0 Å². The zero-order valence-corrected chi connectivity index (χ0v) is 10.1. The first-order valence-corrected chi connectivity index (χ1v) is 5.77. The van der Waals surface area contributed by atoms with Crippen LogP contribution in [0.1, 0.15) is 18.2 Å². The van der Waals surface area contributed by atoms with Crippen LogP contribution in [0.3, 0.4) is 0 Å².